The number of fused-ring (bicyclic) bond motifs is 1. The van der Waals surface area contributed by atoms with Gasteiger partial charge in [-0.1, -0.05) is 48.5 Å². The molecule has 2 heterocycles. The molecule has 6 nitrogen and oxygen atoms in total. The zero-order chi connectivity index (χ0) is 21.6. The molecule has 5 rings (SSSR count). The Kier molecular flexibility index (Phi) is 4.52. The highest BCUT2D eigenvalue weighted by Crippen LogP contribution is 2.55. The molecule has 0 unspecified atom stereocenters. The number of imide groups is 1. The van der Waals surface area contributed by atoms with Gasteiger partial charge in [-0.2, -0.15) is 0 Å². The van der Waals surface area contributed by atoms with Crippen molar-refractivity contribution in [1.82, 2.24) is 0 Å². The van der Waals surface area contributed by atoms with Crippen molar-refractivity contribution in [3.63, 3.8) is 0 Å². The molecule has 0 radical (unpaired) electrons. The summed E-state index contributed by atoms with van der Waals surface area (Å²) in [5.74, 6) is 0.0963. The van der Waals surface area contributed by atoms with Crippen molar-refractivity contribution in [2.24, 2.45) is 5.41 Å². The number of methoxy groups -OCH3 is 1. The van der Waals surface area contributed by atoms with Gasteiger partial charge >= 0.3 is 0 Å². The number of rotatable bonds is 4. The molecule has 3 atom stereocenters. The van der Waals surface area contributed by atoms with Crippen LogP contribution in [0, 0.1) is 5.41 Å². The van der Waals surface area contributed by atoms with Crippen molar-refractivity contribution < 1.29 is 19.2 Å². The van der Waals surface area contributed by atoms with Gasteiger partial charge in [0.25, 0.3) is 5.91 Å². The van der Waals surface area contributed by atoms with Crippen molar-refractivity contribution in [3.8, 4) is 5.75 Å². The van der Waals surface area contributed by atoms with Crippen molar-refractivity contribution in [3.05, 3.63) is 90.5 Å². The lowest BCUT2D eigenvalue weighted by molar-refractivity contribution is -0.128. The number of hydrogen-bond donors (Lipinski definition) is 0. The first-order valence-corrected chi connectivity index (χ1v) is 10.1. The van der Waals surface area contributed by atoms with Gasteiger partial charge in [0.15, 0.2) is 6.10 Å². The maximum Gasteiger partial charge on any atom is 0.266 e. The van der Waals surface area contributed by atoms with Crippen molar-refractivity contribution >= 4 is 23.2 Å². The maximum absolute atomic E-state index is 13.8. The Morgan fingerprint density at radius 1 is 0.839 bits per heavy atom. The van der Waals surface area contributed by atoms with E-state index in [1.54, 1.807) is 24.3 Å². The molecule has 0 N–H and O–H groups in total. The van der Waals surface area contributed by atoms with Crippen LogP contribution in [0.5, 0.6) is 5.75 Å². The second-order valence-electron chi connectivity index (χ2n) is 7.92. The lowest BCUT2D eigenvalue weighted by Gasteiger charge is -2.32. The second kappa shape index (κ2) is 7.25. The fraction of sp³-hybridized carbons (Fsp3) is 0.200. The van der Waals surface area contributed by atoms with Gasteiger partial charge in [0.2, 0.25) is 5.91 Å². The number of carbonyl (C=O) groups is 2. The van der Waals surface area contributed by atoms with Gasteiger partial charge in [0.05, 0.1) is 24.5 Å². The van der Waals surface area contributed by atoms with E-state index in [0.717, 1.165) is 17.0 Å². The third-order valence-electron chi connectivity index (χ3n) is 6.13. The number of amides is 2. The summed E-state index contributed by atoms with van der Waals surface area (Å²) in [5, 5.41) is 1.70. The van der Waals surface area contributed by atoms with Gasteiger partial charge in [-0.15, -0.1) is 0 Å². The highest BCUT2D eigenvalue weighted by molar-refractivity contribution is 6.25. The molecule has 3 aromatic rings. The van der Waals surface area contributed by atoms with Crippen LogP contribution in [0.3, 0.4) is 0 Å². The minimum atomic E-state index is -1.10. The van der Waals surface area contributed by atoms with Crippen LogP contribution in [0.15, 0.2) is 84.9 Å². The van der Waals surface area contributed by atoms with Crippen molar-refractivity contribution in [2.75, 3.05) is 17.1 Å². The monoisotopic (exact) mass is 414 g/mol. The molecular weight excluding hydrogens is 392 g/mol. The Labute approximate surface area is 180 Å². The molecule has 2 aliphatic heterocycles. The van der Waals surface area contributed by atoms with Gasteiger partial charge in [0, 0.05) is 0 Å². The van der Waals surface area contributed by atoms with Crippen LogP contribution < -0.4 is 14.7 Å². The Bertz CT molecular complexity index is 1120. The van der Waals surface area contributed by atoms with Gasteiger partial charge in [-0.3, -0.25) is 14.4 Å². The van der Waals surface area contributed by atoms with E-state index < -0.39 is 17.6 Å². The summed E-state index contributed by atoms with van der Waals surface area (Å²) in [6, 6.07) is 25.6. The number of anilines is 2. The van der Waals surface area contributed by atoms with Gasteiger partial charge in [-0.25, -0.2) is 9.96 Å². The fourth-order valence-corrected chi connectivity index (χ4v) is 4.53. The van der Waals surface area contributed by atoms with E-state index in [4.69, 9.17) is 9.57 Å². The van der Waals surface area contributed by atoms with Crippen LogP contribution in [0.25, 0.3) is 0 Å². The minimum Gasteiger partial charge on any atom is -0.497 e. The first kappa shape index (κ1) is 19.3. The van der Waals surface area contributed by atoms with Crippen LogP contribution in [0.4, 0.5) is 11.4 Å². The largest absolute Gasteiger partial charge is 0.497 e. The van der Waals surface area contributed by atoms with Gasteiger partial charge in [-0.05, 0) is 48.9 Å². The molecule has 6 heteroatoms. The number of hydroxylamine groups is 1. The zero-order valence-electron chi connectivity index (χ0n) is 17.3. The van der Waals surface area contributed by atoms with Crippen molar-refractivity contribution in [1.29, 1.82) is 0 Å². The van der Waals surface area contributed by atoms with Crippen LogP contribution >= 0.6 is 0 Å². The zero-order valence-corrected chi connectivity index (χ0v) is 17.3. The van der Waals surface area contributed by atoms with E-state index in [9.17, 15) is 9.59 Å². The lowest BCUT2D eigenvalue weighted by Crippen LogP contribution is -2.41. The molecule has 2 fully saturated rings. The second-order valence-corrected chi connectivity index (χ2v) is 7.92. The summed E-state index contributed by atoms with van der Waals surface area (Å²) < 4.78 is 5.29. The Morgan fingerprint density at radius 2 is 1.42 bits per heavy atom. The number of carbonyl (C=O) groups excluding carboxylic acids is 2. The summed E-state index contributed by atoms with van der Waals surface area (Å²) in [5.41, 5.74) is 1.10. The number of nitrogens with zero attached hydrogens (tertiary/aromatic N) is 2. The van der Waals surface area contributed by atoms with Crippen LogP contribution in [-0.4, -0.2) is 25.0 Å². The van der Waals surface area contributed by atoms with E-state index in [-0.39, 0.29) is 11.8 Å². The van der Waals surface area contributed by atoms with E-state index >= 15 is 0 Å². The highest BCUT2D eigenvalue weighted by atomic mass is 16.7. The van der Waals surface area contributed by atoms with E-state index in [0.29, 0.717) is 5.69 Å². The molecule has 0 aliphatic carbocycles. The Morgan fingerprint density at radius 3 is 2.00 bits per heavy atom. The summed E-state index contributed by atoms with van der Waals surface area (Å²) in [4.78, 5) is 34.6. The van der Waals surface area contributed by atoms with E-state index in [2.05, 4.69) is 0 Å². The predicted octanol–water partition coefficient (Wildman–Crippen LogP) is 4.14. The SMILES string of the molecule is COc1ccc([C@H]2N(c3ccccc3)O[C@H]3C(=O)N(c4ccccc4)C(=O)[C@]32C)cc1. The van der Waals surface area contributed by atoms with Crippen LogP contribution in [0.1, 0.15) is 18.5 Å². The first-order valence-electron chi connectivity index (χ1n) is 10.1. The summed E-state index contributed by atoms with van der Waals surface area (Å²) in [7, 11) is 1.61. The molecule has 2 saturated heterocycles. The third kappa shape index (κ3) is 2.83. The van der Waals surface area contributed by atoms with Gasteiger partial charge < -0.3 is 4.74 Å². The average molecular weight is 414 g/mol. The molecule has 0 saturated carbocycles. The molecule has 31 heavy (non-hydrogen) atoms. The number of hydrogen-bond acceptors (Lipinski definition) is 5. The highest BCUT2D eigenvalue weighted by Gasteiger charge is 2.68. The third-order valence-corrected chi connectivity index (χ3v) is 6.13. The van der Waals surface area contributed by atoms with Crippen LogP contribution in [0.2, 0.25) is 0 Å². The topological polar surface area (TPSA) is 59.1 Å². The van der Waals surface area contributed by atoms with Crippen LogP contribution in [-0.2, 0) is 14.4 Å². The number of ether oxygens (including phenoxy) is 1. The smallest absolute Gasteiger partial charge is 0.266 e. The standard InChI is InChI=1S/C25H22N2O4/c1-25-21(17-13-15-20(30-2)16-14-17)27(19-11-7-4-8-12-19)31-22(25)23(28)26(24(25)29)18-9-5-3-6-10-18/h3-16,21-22H,1-2H3/t21-,22+,25+/m1/s1. The number of benzene rings is 3. The lowest BCUT2D eigenvalue weighted by atomic mass is 9.76. The minimum absolute atomic E-state index is 0.270. The summed E-state index contributed by atoms with van der Waals surface area (Å²) >= 11 is 0. The van der Waals surface area contributed by atoms with E-state index in [1.165, 1.54) is 4.90 Å². The fourth-order valence-electron chi connectivity index (χ4n) is 4.53. The normalized spacial score (nSPS) is 25.1. The molecule has 3 aromatic carbocycles. The molecular formula is C25H22N2O4. The summed E-state index contributed by atoms with van der Waals surface area (Å²) in [6.07, 6.45) is -0.924. The average Bonchev–Trinajstić information content (AvgIpc) is 3.23. The van der Waals surface area contributed by atoms with Gasteiger partial charge in [0.1, 0.15) is 11.2 Å². The predicted molar refractivity (Wildman–Crippen MR) is 117 cm³/mol. The Hall–Kier alpha value is -3.64. The quantitative estimate of drug-likeness (QED) is 0.601. The molecule has 156 valence electrons. The molecule has 0 bridgehead atoms. The Balaban J connectivity index is 1.63. The maximum atomic E-state index is 13.8. The molecule has 0 aromatic heterocycles. The first-order chi connectivity index (χ1) is 15.1. The van der Waals surface area contributed by atoms with E-state index in [1.807, 2.05) is 79.7 Å². The summed E-state index contributed by atoms with van der Waals surface area (Å²) in [6.45, 7) is 1.82. The van der Waals surface area contributed by atoms with Crippen molar-refractivity contribution in [2.45, 2.75) is 19.1 Å². The number of para-hydroxylation sites is 2. The molecule has 2 amide bonds. The molecule has 0 spiro atoms. The molecule has 2 aliphatic rings.